The van der Waals surface area contributed by atoms with Gasteiger partial charge >= 0.3 is 0 Å². The Morgan fingerprint density at radius 3 is 2.65 bits per heavy atom. The number of alkyl halides is 1. The van der Waals surface area contributed by atoms with Crippen molar-refractivity contribution in [2.24, 2.45) is 11.3 Å². The zero-order valence-electron chi connectivity index (χ0n) is 12.2. The summed E-state index contributed by atoms with van der Waals surface area (Å²) < 4.78 is 0. The highest BCUT2D eigenvalue weighted by Crippen LogP contribution is 2.38. The molecule has 5 heteroatoms. The minimum Gasteiger partial charge on any atom is -0.366 e. The van der Waals surface area contributed by atoms with E-state index in [1.54, 1.807) is 6.07 Å². The molecule has 4 nitrogen and oxygen atoms in total. The molecule has 1 atom stereocenters. The molecule has 1 aliphatic rings. The highest BCUT2D eigenvalue weighted by atomic mass is 35.5. The van der Waals surface area contributed by atoms with E-state index in [9.17, 15) is 10.1 Å². The van der Waals surface area contributed by atoms with Gasteiger partial charge in [-0.05, 0) is 29.4 Å². The monoisotopic (exact) mass is 296 g/mol. The number of hydrogen-bond acceptors (Lipinski definition) is 3. The predicted octanol–water partition coefficient (Wildman–Crippen LogP) is 4.21. The molecule has 0 radical (unpaired) electrons. The third kappa shape index (κ3) is 3.06. The molecule has 1 heterocycles. The molecule has 1 aliphatic heterocycles. The first-order valence-corrected chi connectivity index (χ1v) is 7.44. The van der Waals surface area contributed by atoms with E-state index in [4.69, 9.17) is 11.6 Å². The molecule has 0 bridgehead atoms. The summed E-state index contributed by atoms with van der Waals surface area (Å²) in [6.07, 6.45) is 1.08. The fraction of sp³-hybridized carbons (Fsp3) is 0.600. The summed E-state index contributed by atoms with van der Waals surface area (Å²) in [5, 5.41) is 11.3. The zero-order chi connectivity index (χ0) is 14.9. The van der Waals surface area contributed by atoms with E-state index in [0.717, 1.165) is 30.8 Å². The summed E-state index contributed by atoms with van der Waals surface area (Å²) in [5.74, 6) is 0.862. The maximum Gasteiger partial charge on any atom is 0.292 e. The van der Waals surface area contributed by atoms with Crippen LogP contribution in [0.5, 0.6) is 0 Å². The van der Waals surface area contributed by atoms with Crippen LogP contribution in [0.15, 0.2) is 18.2 Å². The standard InChI is InChI=1S/C15H21ClN2O2/c1-15(2,3)12-6-7-17(10-12)13-5-4-11(9-16)8-14(13)18(19)20/h4-5,8,12H,6-7,9-10H2,1-3H3. The summed E-state index contributed by atoms with van der Waals surface area (Å²) in [5.41, 5.74) is 1.90. The lowest BCUT2D eigenvalue weighted by Gasteiger charge is -2.27. The lowest BCUT2D eigenvalue weighted by atomic mass is 9.80. The number of halogens is 1. The Bertz CT molecular complexity index is 511. The van der Waals surface area contributed by atoms with Crippen LogP contribution in [0, 0.1) is 21.4 Å². The molecule has 1 unspecified atom stereocenters. The number of hydrogen-bond donors (Lipinski definition) is 0. The molecule has 1 aromatic carbocycles. The molecular weight excluding hydrogens is 276 g/mol. The largest absolute Gasteiger partial charge is 0.366 e. The van der Waals surface area contributed by atoms with E-state index >= 15 is 0 Å². The van der Waals surface area contributed by atoms with Crippen molar-refractivity contribution in [2.45, 2.75) is 33.1 Å². The molecule has 1 aromatic rings. The first-order valence-electron chi connectivity index (χ1n) is 6.91. The van der Waals surface area contributed by atoms with Crippen molar-refractivity contribution < 1.29 is 4.92 Å². The molecule has 1 saturated heterocycles. The maximum absolute atomic E-state index is 11.3. The van der Waals surface area contributed by atoms with Crippen molar-refractivity contribution in [1.29, 1.82) is 0 Å². The number of rotatable bonds is 3. The van der Waals surface area contributed by atoms with Crippen LogP contribution in [0.2, 0.25) is 0 Å². The summed E-state index contributed by atoms with van der Waals surface area (Å²) in [6.45, 7) is 8.44. The van der Waals surface area contributed by atoms with Gasteiger partial charge in [0.2, 0.25) is 0 Å². The van der Waals surface area contributed by atoms with E-state index < -0.39 is 0 Å². The van der Waals surface area contributed by atoms with Crippen LogP contribution in [0.3, 0.4) is 0 Å². The minimum atomic E-state index is -0.310. The van der Waals surface area contributed by atoms with Crippen LogP contribution in [0.4, 0.5) is 11.4 Å². The fourth-order valence-electron chi connectivity index (χ4n) is 2.75. The van der Waals surface area contributed by atoms with E-state index in [1.807, 2.05) is 12.1 Å². The molecule has 2 rings (SSSR count). The number of nitro groups is 1. The van der Waals surface area contributed by atoms with E-state index in [-0.39, 0.29) is 16.0 Å². The predicted molar refractivity (Wildman–Crippen MR) is 82.4 cm³/mol. The second-order valence-electron chi connectivity index (χ2n) is 6.51. The van der Waals surface area contributed by atoms with Gasteiger partial charge in [-0.1, -0.05) is 26.8 Å². The minimum absolute atomic E-state index is 0.165. The van der Waals surface area contributed by atoms with Crippen molar-refractivity contribution in [2.75, 3.05) is 18.0 Å². The molecule has 0 aliphatic carbocycles. The van der Waals surface area contributed by atoms with Crippen molar-refractivity contribution in [3.05, 3.63) is 33.9 Å². The van der Waals surface area contributed by atoms with Gasteiger partial charge in [0.1, 0.15) is 5.69 Å². The number of anilines is 1. The van der Waals surface area contributed by atoms with Gasteiger partial charge in [-0.15, -0.1) is 11.6 Å². The number of benzene rings is 1. The van der Waals surface area contributed by atoms with Crippen LogP contribution in [0.25, 0.3) is 0 Å². The summed E-state index contributed by atoms with van der Waals surface area (Å²) in [4.78, 5) is 13.1. The number of nitrogens with zero attached hydrogens (tertiary/aromatic N) is 2. The Morgan fingerprint density at radius 1 is 1.45 bits per heavy atom. The molecule has 1 fully saturated rings. The Labute approximate surface area is 124 Å². The van der Waals surface area contributed by atoms with E-state index in [0.29, 0.717) is 11.8 Å². The summed E-state index contributed by atoms with van der Waals surface area (Å²) >= 11 is 5.76. The Morgan fingerprint density at radius 2 is 2.15 bits per heavy atom. The van der Waals surface area contributed by atoms with Crippen molar-refractivity contribution in [3.8, 4) is 0 Å². The van der Waals surface area contributed by atoms with Gasteiger partial charge in [0.15, 0.2) is 0 Å². The van der Waals surface area contributed by atoms with Gasteiger partial charge in [0.05, 0.1) is 4.92 Å². The Balaban J connectivity index is 2.28. The average molecular weight is 297 g/mol. The lowest BCUT2D eigenvalue weighted by Crippen LogP contribution is -2.26. The second-order valence-corrected chi connectivity index (χ2v) is 6.78. The smallest absolute Gasteiger partial charge is 0.292 e. The number of nitro benzene ring substituents is 1. The Hall–Kier alpha value is -1.29. The third-order valence-corrected chi connectivity index (χ3v) is 4.45. The topological polar surface area (TPSA) is 46.4 Å². The van der Waals surface area contributed by atoms with Gasteiger partial charge in [-0.3, -0.25) is 10.1 Å². The van der Waals surface area contributed by atoms with Gasteiger partial charge in [0, 0.05) is 25.0 Å². The third-order valence-electron chi connectivity index (χ3n) is 4.14. The van der Waals surface area contributed by atoms with E-state index in [1.165, 1.54) is 0 Å². The zero-order valence-corrected chi connectivity index (χ0v) is 13.0. The quantitative estimate of drug-likeness (QED) is 0.477. The lowest BCUT2D eigenvalue weighted by molar-refractivity contribution is -0.384. The molecule has 110 valence electrons. The molecule has 0 saturated carbocycles. The molecule has 0 amide bonds. The van der Waals surface area contributed by atoms with Gasteiger partial charge in [-0.2, -0.15) is 0 Å². The Kier molecular flexibility index (Phi) is 4.23. The first kappa shape index (κ1) is 15.1. The van der Waals surface area contributed by atoms with Gasteiger partial charge < -0.3 is 4.90 Å². The van der Waals surface area contributed by atoms with Crippen molar-refractivity contribution in [3.63, 3.8) is 0 Å². The highest BCUT2D eigenvalue weighted by molar-refractivity contribution is 6.17. The van der Waals surface area contributed by atoms with Crippen molar-refractivity contribution in [1.82, 2.24) is 0 Å². The van der Waals surface area contributed by atoms with Crippen molar-refractivity contribution >= 4 is 23.0 Å². The van der Waals surface area contributed by atoms with Crippen LogP contribution in [0.1, 0.15) is 32.8 Å². The van der Waals surface area contributed by atoms with Crippen LogP contribution < -0.4 is 4.90 Å². The van der Waals surface area contributed by atoms with Gasteiger partial charge in [0.25, 0.3) is 5.69 Å². The van der Waals surface area contributed by atoms with Crippen LogP contribution in [-0.4, -0.2) is 18.0 Å². The fourth-order valence-corrected chi connectivity index (χ4v) is 2.92. The average Bonchev–Trinajstić information content (AvgIpc) is 2.87. The van der Waals surface area contributed by atoms with E-state index in [2.05, 4.69) is 25.7 Å². The summed E-state index contributed by atoms with van der Waals surface area (Å²) in [6, 6.07) is 5.30. The molecule has 20 heavy (non-hydrogen) atoms. The SMILES string of the molecule is CC(C)(C)C1CCN(c2ccc(CCl)cc2[N+](=O)[O-])C1. The van der Waals surface area contributed by atoms with Crippen LogP contribution in [-0.2, 0) is 5.88 Å². The van der Waals surface area contributed by atoms with Crippen LogP contribution >= 0.6 is 11.6 Å². The highest BCUT2D eigenvalue weighted by Gasteiger charge is 2.34. The summed E-state index contributed by atoms with van der Waals surface area (Å²) in [7, 11) is 0. The normalized spacial score (nSPS) is 19.4. The van der Waals surface area contributed by atoms with Gasteiger partial charge in [-0.25, -0.2) is 0 Å². The molecule has 0 N–H and O–H groups in total. The maximum atomic E-state index is 11.3. The molecule has 0 spiro atoms. The molecule has 0 aromatic heterocycles. The first-order chi connectivity index (χ1) is 9.32. The second kappa shape index (κ2) is 5.60. The molecular formula is C15H21ClN2O2.